The summed E-state index contributed by atoms with van der Waals surface area (Å²) in [4.78, 5) is 12.4. The number of amides is 1. The number of hydrogen-bond acceptors (Lipinski definition) is 3. The quantitative estimate of drug-likeness (QED) is 0.718. The second kappa shape index (κ2) is 8.03. The first kappa shape index (κ1) is 18.6. The monoisotopic (exact) mass is 367 g/mol. The van der Waals surface area contributed by atoms with Crippen LogP contribution in [0.25, 0.3) is 0 Å². The average Bonchev–Trinajstić information content (AvgIpc) is 2.88. The standard InChI is InChI=1S/C21H22FN3O2/c1-14-20(15(2)25(3)24-14)12-21(26)23-18-5-4-6-19(11-18)27-13-16-7-9-17(22)10-8-16/h4-11H,12-13H2,1-3H3,(H,23,26). The summed E-state index contributed by atoms with van der Waals surface area (Å²) < 4.78 is 20.5. The summed E-state index contributed by atoms with van der Waals surface area (Å²) >= 11 is 0. The zero-order valence-corrected chi connectivity index (χ0v) is 15.6. The molecule has 0 aliphatic heterocycles. The Bertz CT molecular complexity index is 949. The third-order valence-electron chi connectivity index (χ3n) is 4.43. The Labute approximate surface area is 157 Å². The lowest BCUT2D eigenvalue weighted by Gasteiger charge is -2.10. The Morgan fingerprint density at radius 3 is 2.59 bits per heavy atom. The van der Waals surface area contributed by atoms with Gasteiger partial charge in [-0.1, -0.05) is 18.2 Å². The van der Waals surface area contributed by atoms with Crippen molar-refractivity contribution < 1.29 is 13.9 Å². The minimum atomic E-state index is -0.275. The number of nitrogens with zero attached hydrogens (tertiary/aromatic N) is 2. The normalized spacial score (nSPS) is 10.7. The molecule has 6 heteroatoms. The molecular weight excluding hydrogens is 345 g/mol. The van der Waals surface area contributed by atoms with Crippen LogP contribution in [-0.2, 0) is 24.9 Å². The van der Waals surface area contributed by atoms with E-state index in [0.29, 0.717) is 18.0 Å². The van der Waals surface area contributed by atoms with E-state index >= 15 is 0 Å². The molecule has 3 rings (SSSR count). The predicted octanol–water partition coefficient (Wildman–Crippen LogP) is 3.94. The van der Waals surface area contributed by atoms with Crippen LogP contribution in [-0.4, -0.2) is 15.7 Å². The first-order valence-corrected chi connectivity index (χ1v) is 8.68. The second-order valence-corrected chi connectivity index (χ2v) is 6.44. The molecule has 1 amide bonds. The van der Waals surface area contributed by atoms with E-state index in [-0.39, 0.29) is 18.1 Å². The molecule has 1 heterocycles. The van der Waals surface area contributed by atoms with E-state index in [4.69, 9.17) is 4.74 Å². The van der Waals surface area contributed by atoms with Crippen molar-refractivity contribution in [2.75, 3.05) is 5.32 Å². The summed E-state index contributed by atoms with van der Waals surface area (Å²) in [5.74, 6) is 0.248. The van der Waals surface area contributed by atoms with Gasteiger partial charge >= 0.3 is 0 Å². The number of ether oxygens (including phenoxy) is 1. The Balaban J connectivity index is 1.61. The van der Waals surface area contributed by atoms with Gasteiger partial charge in [0.1, 0.15) is 18.2 Å². The number of aryl methyl sites for hydroxylation is 2. The van der Waals surface area contributed by atoms with Crippen LogP contribution >= 0.6 is 0 Å². The molecule has 1 aromatic heterocycles. The van der Waals surface area contributed by atoms with Crippen LogP contribution in [0.4, 0.5) is 10.1 Å². The summed E-state index contributed by atoms with van der Waals surface area (Å²) in [5, 5.41) is 7.23. The molecule has 0 bridgehead atoms. The second-order valence-electron chi connectivity index (χ2n) is 6.44. The molecule has 140 valence electrons. The molecule has 0 saturated carbocycles. The van der Waals surface area contributed by atoms with E-state index in [1.807, 2.05) is 39.1 Å². The first-order valence-electron chi connectivity index (χ1n) is 8.68. The molecular formula is C21H22FN3O2. The molecule has 2 aromatic carbocycles. The van der Waals surface area contributed by atoms with E-state index in [0.717, 1.165) is 22.5 Å². The number of aromatic nitrogens is 2. The average molecular weight is 367 g/mol. The highest BCUT2D eigenvalue weighted by Crippen LogP contribution is 2.20. The molecule has 27 heavy (non-hydrogen) atoms. The zero-order chi connectivity index (χ0) is 19.4. The number of benzene rings is 2. The van der Waals surface area contributed by atoms with E-state index in [1.165, 1.54) is 12.1 Å². The SMILES string of the molecule is Cc1nn(C)c(C)c1CC(=O)Nc1cccc(OCc2ccc(F)cc2)c1. The molecule has 0 unspecified atom stereocenters. The van der Waals surface area contributed by atoms with Crippen LogP contribution in [0.3, 0.4) is 0 Å². The number of rotatable bonds is 6. The lowest BCUT2D eigenvalue weighted by atomic mass is 10.1. The summed E-state index contributed by atoms with van der Waals surface area (Å²) in [6, 6.07) is 13.4. The fourth-order valence-corrected chi connectivity index (χ4v) is 2.85. The van der Waals surface area contributed by atoms with Crippen LogP contribution in [0.5, 0.6) is 5.75 Å². The summed E-state index contributed by atoms with van der Waals surface area (Å²) in [7, 11) is 1.87. The number of carbonyl (C=O) groups is 1. The summed E-state index contributed by atoms with van der Waals surface area (Å²) in [6.45, 7) is 4.18. The zero-order valence-electron chi connectivity index (χ0n) is 15.6. The maximum absolute atomic E-state index is 12.9. The van der Waals surface area contributed by atoms with E-state index in [2.05, 4.69) is 10.4 Å². The number of halogens is 1. The highest BCUT2D eigenvalue weighted by Gasteiger charge is 2.13. The Morgan fingerprint density at radius 1 is 1.19 bits per heavy atom. The molecule has 0 radical (unpaired) electrons. The van der Waals surface area contributed by atoms with Crippen molar-refractivity contribution in [1.29, 1.82) is 0 Å². The van der Waals surface area contributed by atoms with Gasteiger partial charge in [0.2, 0.25) is 5.91 Å². The van der Waals surface area contributed by atoms with Crippen LogP contribution in [0.1, 0.15) is 22.5 Å². The molecule has 5 nitrogen and oxygen atoms in total. The lowest BCUT2D eigenvalue weighted by Crippen LogP contribution is -2.15. The van der Waals surface area contributed by atoms with Gasteiger partial charge in [-0.2, -0.15) is 5.10 Å². The summed E-state index contributed by atoms with van der Waals surface area (Å²) in [5.41, 5.74) is 4.32. The Morgan fingerprint density at radius 2 is 1.93 bits per heavy atom. The van der Waals surface area contributed by atoms with Gasteiger partial charge in [-0.05, 0) is 43.7 Å². The van der Waals surface area contributed by atoms with Crippen molar-refractivity contribution in [3.63, 3.8) is 0 Å². The fraction of sp³-hybridized carbons (Fsp3) is 0.238. The predicted molar refractivity (Wildman–Crippen MR) is 102 cm³/mol. The van der Waals surface area contributed by atoms with Crippen LogP contribution in [0, 0.1) is 19.7 Å². The topological polar surface area (TPSA) is 56.2 Å². The smallest absolute Gasteiger partial charge is 0.228 e. The van der Waals surface area contributed by atoms with Crippen LogP contribution in [0.2, 0.25) is 0 Å². The molecule has 1 N–H and O–H groups in total. The van der Waals surface area contributed by atoms with Gasteiger partial charge in [-0.25, -0.2) is 4.39 Å². The summed E-state index contributed by atoms with van der Waals surface area (Å²) in [6.07, 6.45) is 0.270. The molecule has 3 aromatic rings. The van der Waals surface area contributed by atoms with Gasteiger partial charge < -0.3 is 10.1 Å². The number of anilines is 1. The number of nitrogens with one attached hydrogen (secondary N) is 1. The minimum absolute atomic E-state index is 0.107. The van der Waals surface area contributed by atoms with E-state index in [9.17, 15) is 9.18 Å². The fourth-order valence-electron chi connectivity index (χ4n) is 2.85. The van der Waals surface area contributed by atoms with Crippen molar-refractivity contribution in [3.05, 3.63) is 76.9 Å². The molecule has 0 atom stereocenters. The molecule has 0 spiro atoms. The molecule has 0 aliphatic rings. The van der Waals surface area contributed by atoms with Gasteiger partial charge in [0.15, 0.2) is 0 Å². The van der Waals surface area contributed by atoms with Crippen molar-refractivity contribution in [1.82, 2.24) is 9.78 Å². The largest absolute Gasteiger partial charge is 0.489 e. The Hall–Kier alpha value is -3.15. The van der Waals surface area contributed by atoms with Crippen molar-refractivity contribution in [3.8, 4) is 5.75 Å². The number of carbonyl (C=O) groups excluding carboxylic acids is 1. The van der Waals surface area contributed by atoms with Crippen LogP contribution in [0.15, 0.2) is 48.5 Å². The highest BCUT2D eigenvalue weighted by molar-refractivity contribution is 5.92. The van der Waals surface area contributed by atoms with Crippen molar-refractivity contribution in [2.24, 2.45) is 7.05 Å². The van der Waals surface area contributed by atoms with Crippen molar-refractivity contribution in [2.45, 2.75) is 26.9 Å². The van der Waals surface area contributed by atoms with Gasteiger partial charge in [0, 0.05) is 30.1 Å². The van der Waals surface area contributed by atoms with E-state index < -0.39 is 0 Å². The molecule has 0 saturated heterocycles. The van der Waals surface area contributed by atoms with Gasteiger partial charge in [-0.3, -0.25) is 9.48 Å². The lowest BCUT2D eigenvalue weighted by molar-refractivity contribution is -0.115. The molecule has 0 fully saturated rings. The first-order chi connectivity index (χ1) is 12.9. The number of hydrogen-bond donors (Lipinski definition) is 1. The van der Waals surface area contributed by atoms with Crippen LogP contribution < -0.4 is 10.1 Å². The van der Waals surface area contributed by atoms with Gasteiger partial charge in [0.05, 0.1) is 12.1 Å². The van der Waals surface area contributed by atoms with E-state index in [1.54, 1.807) is 22.9 Å². The highest BCUT2D eigenvalue weighted by atomic mass is 19.1. The molecule has 0 aliphatic carbocycles. The Kier molecular flexibility index (Phi) is 5.54. The third-order valence-corrected chi connectivity index (χ3v) is 4.43. The minimum Gasteiger partial charge on any atom is -0.489 e. The van der Waals surface area contributed by atoms with Crippen molar-refractivity contribution >= 4 is 11.6 Å². The van der Waals surface area contributed by atoms with Gasteiger partial charge in [0.25, 0.3) is 0 Å². The maximum Gasteiger partial charge on any atom is 0.228 e. The third kappa shape index (κ3) is 4.73. The van der Waals surface area contributed by atoms with Gasteiger partial charge in [-0.15, -0.1) is 0 Å². The maximum atomic E-state index is 12.9.